The Morgan fingerprint density at radius 2 is 1.65 bits per heavy atom. The molecule has 0 spiro atoms. The Morgan fingerprint density at radius 1 is 1.00 bits per heavy atom. The van der Waals surface area contributed by atoms with Gasteiger partial charge in [0.25, 0.3) is 0 Å². The molecular weight excluding hydrogens is 424 g/mol. The smallest absolute Gasteiger partial charge is 0.185 e. The van der Waals surface area contributed by atoms with Gasteiger partial charge < -0.3 is 4.90 Å². The van der Waals surface area contributed by atoms with Crippen LogP contribution in [-0.2, 0) is 22.7 Å². The minimum Gasteiger partial charge on any atom is -0.348 e. The van der Waals surface area contributed by atoms with Gasteiger partial charge in [0.1, 0.15) is 0 Å². The third-order valence-electron chi connectivity index (χ3n) is 5.99. The fraction of sp³-hybridized carbons (Fsp3) is 0.400. The molecule has 0 atom stereocenters. The molecule has 0 bridgehead atoms. The second-order valence-corrected chi connectivity index (χ2v) is 11.5. The van der Waals surface area contributed by atoms with Gasteiger partial charge in [0.15, 0.2) is 15.0 Å². The second-order valence-electron chi connectivity index (χ2n) is 8.41. The quantitative estimate of drug-likeness (QED) is 0.477. The van der Waals surface area contributed by atoms with Crippen LogP contribution in [0.3, 0.4) is 0 Å². The van der Waals surface area contributed by atoms with Crippen molar-refractivity contribution in [1.29, 1.82) is 0 Å². The van der Waals surface area contributed by atoms with Crippen LogP contribution in [0.5, 0.6) is 0 Å². The summed E-state index contributed by atoms with van der Waals surface area (Å²) in [5.74, 6) is 0. The number of nitrogens with zero attached hydrogens (tertiary/aromatic N) is 2. The van der Waals surface area contributed by atoms with Crippen molar-refractivity contribution in [1.82, 2.24) is 4.98 Å². The molecule has 0 radical (unpaired) electrons. The van der Waals surface area contributed by atoms with Crippen molar-refractivity contribution in [2.24, 2.45) is 0 Å². The van der Waals surface area contributed by atoms with Gasteiger partial charge in [0, 0.05) is 24.9 Å². The van der Waals surface area contributed by atoms with Crippen molar-refractivity contribution in [3.63, 3.8) is 0 Å². The van der Waals surface area contributed by atoms with Crippen molar-refractivity contribution in [3.8, 4) is 0 Å². The molecular formula is C25H30N2O2S2. The van der Waals surface area contributed by atoms with Gasteiger partial charge in [0.05, 0.1) is 15.8 Å². The third kappa shape index (κ3) is 5.18. The Kier molecular flexibility index (Phi) is 6.77. The first-order valence-electron chi connectivity index (χ1n) is 11.0. The van der Waals surface area contributed by atoms with E-state index in [1.54, 1.807) is 23.5 Å². The molecule has 1 aromatic heterocycles. The molecule has 4 rings (SSSR count). The van der Waals surface area contributed by atoms with Crippen LogP contribution in [0.15, 0.2) is 58.8 Å². The van der Waals surface area contributed by atoms with Crippen LogP contribution in [0.1, 0.15) is 48.6 Å². The fourth-order valence-electron chi connectivity index (χ4n) is 4.12. The monoisotopic (exact) mass is 454 g/mol. The lowest BCUT2D eigenvalue weighted by Gasteiger charge is -2.31. The van der Waals surface area contributed by atoms with Crippen LogP contribution in [0.25, 0.3) is 0 Å². The van der Waals surface area contributed by atoms with Crippen LogP contribution >= 0.6 is 11.3 Å². The number of sulfone groups is 1. The number of rotatable bonds is 7. The Hall–Kier alpha value is -2.18. The van der Waals surface area contributed by atoms with Crippen molar-refractivity contribution in [2.75, 3.05) is 18.0 Å². The molecule has 31 heavy (non-hydrogen) atoms. The summed E-state index contributed by atoms with van der Waals surface area (Å²) in [6.45, 7) is 5.63. The van der Waals surface area contributed by atoms with E-state index in [1.165, 1.54) is 11.1 Å². The van der Waals surface area contributed by atoms with E-state index in [1.807, 2.05) is 19.1 Å². The Bertz CT molecular complexity index is 1100. The molecule has 1 fully saturated rings. The number of aryl methyl sites for hydroxylation is 2. The lowest BCUT2D eigenvalue weighted by molar-refractivity contribution is 0.529. The summed E-state index contributed by atoms with van der Waals surface area (Å²) in [6, 6.07) is 16.0. The zero-order chi connectivity index (χ0) is 21.8. The molecule has 1 saturated heterocycles. The van der Waals surface area contributed by atoms with Crippen molar-refractivity contribution in [2.45, 2.75) is 56.1 Å². The van der Waals surface area contributed by atoms with Gasteiger partial charge in [-0.2, -0.15) is 0 Å². The van der Waals surface area contributed by atoms with Crippen molar-refractivity contribution in [3.05, 3.63) is 76.3 Å². The van der Waals surface area contributed by atoms with Gasteiger partial charge in [-0.3, -0.25) is 0 Å². The topological polar surface area (TPSA) is 50.3 Å². The number of hydrogen-bond acceptors (Lipinski definition) is 5. The normalized spacial score (nSPS) is 15.4. The van der Waals surface area contributed by atoms with E-state index < -0.39 is 9.84 Å². The van der Waals surface area contributed by atoms with E-state index >= 15 is 0 Å². The highest BCUT2D eigenvalue weighted by Crippen LogP contribution is 2.29. The first kappa shape index (κ1) is 22.0. The summed E-state index contributed by atoms with van der Waals surface area (Å²) in [4.78, 5) is 7.52. The number of benzene rings is 2. The van der Waals surface area contributed by atoms with Gasteiger partial charge >= 0.3 is 0 Å². The molecule has 1 aliphatic rings. The summed E-state index contributed by atoms with van der Waals surface area (Å²) in [5, 5.41) is 2.82. The molecule has 0 saturated carbocycles. The molecule has 3 aromatic rings. The van der Waals surface area contributed by atoms with Gasteiger partial charge in [-0.15, -0.1) is 11.3 Å². The van der Waals surface area contributed by atoms with Gasteiger partial charge in [-0.05, 0) is 49.4 Å². The molecule has 0 amide bonds. The molecule has 2 aromatic carbocycles. The highest BCUT2D eigenvalue weighted by molar-refractivity contribution is 7.92. The summed E-state index contributed by atoms with van der Waals surface area (Å²) in [7, 11) is -3.27. The number of thiazole rings is 1. The lowest BCUT2D eigenvalue weighted by atomic mass is 10.1. The highest BCUT2D eigenvalue weighted by atomic mass is 32.2. The molecule has 164 valence electrons. The summed E-state index contributed by atoms with van der Waals surface area (Å²) in [6.07, 6.45) is 4.41. The predicted molar refractivity (Wildman–Crippen MR) is 129 cm³/mol. The Morgan fingerprint density at radius 3 is 2.29 bits per heavy atom. The lowest BCUT2D eigenvalue weighted by Crippen LogP contribution is -2.39. The first-order valence-corrected chi connectivity index (χ1v) is 13.5. The highest BCUT2D eigenvalue weighted by Gasteiger charge is 2.32. The minimum atomic E-state index is -3.27. The summed E-state index contributed by atoms with van der Waals surface area (Å²) < 4.78 is 26.0. The maximum atomic E-state index is 13.0. The van der Waals surface area contributed by atoms with Crippen LogP contribution in [0, 0.1) is 6.92 Å². The van der Waals surface area contributed by atoms with Crippen molar-refractivity contribution >= 4 is 26.3 Å². The number of hydrogen-bond donors (Lipinski definition) is 0. The van der Waals surface area contributed by atoms with E-state index in [9.17, 15) is 8.42 Å². The van der Waals surface area contributed by atoms with Crippen LogP contribution in [0.2, 0.25) is 0 Å². The summed E-state index contributed by atoms with van der Waals surface area (Å²) >= 11 is 1.66. The van der Waals surface area contributed by atoms with Gasteiger partial charge in [-0.25, -0.2) is 13.4 Å². The zero-order valence-electron chi connectivity index (χ0n) is 18.3. The largest absolute Gasteiger partial charge is 0.348 e. The Balaban J connectivity index is 1.36. The summed E-state index contributed by atoms with van der Waals surface area (Å²) in [5.41, 5.74) is 4.82. The van der Waals surface area contributed by atoms with Crippen molar-refractivity contribution < 1.29 is 8.42 Å². The SMILES string of the molecule is CCCc1ccc(Cc2csc(N3CCC(S(=O)(=O)c4ccc(C)cc4)CC3)n2)cc1. The van der Waals surface area contributed by atoms with Gasteiger partial charge in [-0.1, -0.05) is 55.3 Å². The average Bonchev–Trinajstić information content (AvgIpc) is 3.24. The van der Waals surface area contributed by atoms with E-state index in [2.05, 4.69) is 41.5 Å². The van der Waals surface area contributed by atoms with Crippen LogP contribution < -0.4 is 4.90 Å². The fourth-order valence-corrected chi connectivity index (χ4v) is 6.73. The molecule has 2 heterocycles. The molecule has 0 N–H and O–H groups in total. The Labute approximate surface area is 189 Å². The van der Waals surface area contributed by atoms with Crippen LogP contribution in [-0.4, -0.2) is 31.7 Å². The van der Waals surface area contributed by atoms with E-state index in [0.717, 1.165) is 48.7 Å². The maximum absolute atomic E-state index is 13.0. The predicted octanol–water partition coefficient (Wildman–Crippen LogP) is 5.44. The standard InChI is InChI=1S/C25H30N2O2S2/c1-3-4-20-7-9-21(10-8-20)17-22-18-30-25(26-22)27-15-13-24(14-16-27)31(28,29)23-11-5-19(2)6-12-23/h5-12,18,24H,3-4,13-17H2,1-2H3. The average molecular weight is 455 g/mol. The van der Waals surface area contributed by atoms with E-state index in [0.29, 0.717) is 17.7 Å². The minimum absolute atomic E-state index is 0.312. The number of anilines is 1. The third-order valence-corrected chi connectivity index (χ3v) is 9.22. The molecule has 1 aliphatic heterocycles. The first-order chi connectivity index (χ1) is 15.0. The molecule has 0 aliphatic carbocycles. The molecule has 6 heteroatoms. The zero-order valence-corrected chi connectivity index (χ0v) is 19.9. The van der Waals surface area contributed by atoms with E-state index in [4.69, 9.17) is 4.98 Å². The number of piperidine rings is 1. The molecule has 0 unspecified atom stereocenters. The van der Waals surface area contributed by atoms with E-state index in [-0.39, 0.29) is 5.25 Å². The maximum Gasteiger partial charge on any atom is 0.185 e. The molecule has 4 nitrogen and oxygen atoms in total. The number of aromatic nitrogens is 1. The van der Waals surface area contributed by atoms with Gasteiger partial charge in [0.2, 0.25) is 0 Å². The van der Waals surface area contributed by atoms with Crippen LogP contribution in [0.4, 0.5) is 5.13 Å². The second kappa shape index (κ2) is 9.53.